The number of fused-ring (bicyclic) bond motifs is 1. The smallest absolute Gasteiger partial charge is 0.273 e. The molecule has 1 atom stereocenters. The van der Waals surface area contributed by atoms with E-state index in [0.29, 0.717) is 29.4 Å². The summed E-state index contributed by atoms with van der Waals surface area (Å²) in [5.41, 5.74) is 7.04. The Hall–Kier alpha value is -3.86. The second-order valence-corrected chi connectivity index (χ2v) is 9.34. The van der Waals surface area contributed by atoms with E-state index in [9.17, 15) is 9.90 Å². The number of aromatic nitrogens is 2. The maximum atomic E-state index is 13.6. The van der Waals surface area contributed by atoms with Gasteiger partial charge in [0, 0.05) is 17.7 Å². The Balaban J connectivity index is 1.59. The third-order valence-corrected chi connectivity index (χ3v) is 6.68. The summed E-state index contributed by atoms with van der Waals surface area (Å²) in [5.74, 6) is 0.533. The van der Waals surface area contributed by atoms with Crippen LogP contribution in [0, 0.1) is 6.92 Å². The van der Waals surface area contributed by atoms with E-state index in [1.165, 1.54) is 11.1 Å². The average Bonchev–Trinajstić information content (AvgIpc) is 3.37. The molecule has 1 aliphatic rings. The zero-order valence-electron chi connectivity index (χ0n) is 19.7. The maximum Gasteiger partial charge on any atom is 0.273 e. The molecular weight excluding hydrogens is 422 g/mol. The molecule has 1 unspecified atom stereocenters. The third-order valence-electron chi connectivity index (χ3n) is 6.68. The van der Waals surface area contributed by atoms with Crippen molar-refractivity contribution in [1.29, 1.82) is 0 Å². The van der Waals surface area contributed by atoms with Crippen LogP contribution in [0.25, 0.3) is 11.3 Å². The molecule has 0 aliphatic carbocycles. The number of hydrogen-bond acceptors (Lipinski definition) is 3. The Morgan fingerprint density at radius 1 is 1.03 bits per heavy atom. The quantitative estimate of drug-likeness (QED) is 0.378. The number of carbonyl (C=O) groups excluding carboxylic acids is 1. The van der Waals surface area contributed by atoms with Crippen LogP contribution in [0.3, 0.4) is 0 Å². The fraction of sp³-hybridized carbons (Fsp3) is 0.241. The molecule has 5 heteroatoms. The third kappa shape index (κ3) is 3.87. The van der Waals surface area contributed by atoms with E-state index in [2.05, 4.69) is 60.4 Å². The predicted molar refractivity (Wildman–Crippen MR) is 134 cm³/mol. The molecule has 5 rings (SSSR count). The summed E-state index contributed by atoms with van der Waals surface area (Å²) in [6.45, 7) is 6.87. The number of H-pyrrole nitrogens is 1. The van der Waals surface area contributed by atoms with E-state index in [1.807, 2.05) is 42.2 Å². The Bertz CT molecular complexity index is 1320. The van der Waals surface area contributed by atoms with Gasteiger partial charge in [0.05, 0.1) is 6.04 Å². The molecule has 3 aromatic carbocycles. The molecule has 0 saturated carbocycles. The number of hydrogen-bond donors (Lipinski definition) is 2. The minimum Gasteiger partial charge on any atom is -0.507 e. The van der Waals surface area contributed by atoms with Gasteiger partial charge in [-0.1, -0.05) is 74.5 Å². The molecule has 4 aromatic rings. The molecule has 0 spiro atoms. The van der Waals surface area contributed by atoms with Crippen LogP contribution in [0.5, 0.6) is 5.75 Å². The number of phenolic OH excluding ortho intramolecular Hbond substituents is 1. The number of phenols is 1. The van der Waals surface area contributed by atoms with Gasteiger partial charge in [-0.15, -0.1) is 0 Å². The number of carbonyl (C=O) groups is 1. The number of benzene rings is 3. The lowest BCUT2D eigenvalue weighted by molar-refractivity contribution is 0.0746. The van der Waals surface area contributed by atoms with Crippen LogP contribution < -0.4 is 0 Å². The van der Waals surface area contributed by atoms with E-state index in [1.54, 1.807) is 6.07 Å². The summed E-state index contributed by atoms with van der Waals surface area (Å²) < 4.78 is 0. The van der Waals surface area contributed by atoms with Crippen molar-refractivity contribution in [2.45, 2.75) is 39.2 Å². The van der Waals surface area contributed by atoms with Gasteiger partial charge >= 0.3 is 0 Å². The number of rotatable bonds is 6. The van der Waals surface area contributed by atoms with Gasteiger partial charge in [0.1, 0.15) is 17.1 Å². The minimum absolute atomic E-state index is 0.0609. The number of aromatic amines is 1. The van der Waals surface area contributed by atoms with Gasteiger partial charge in [-0.3, -0.25) is 9.89 Å². The molecule has 0 fully saturated rings. The Labute approximate surface area is 200 Å². The van der Waals surface area contributed by atoms with Gasteiger partial charge in [-0.2, -0.15) is 5.10 Å². The van der Waals surface area contributed by atoms with Crippen molar-refractivity contribution in [3.8, 4) is 17.0 Å². The maximum absolute atomic E-state index is 13.6. The number of aromatic hydroxyl groups is 1. The summed E-state index contributed by atoms with van der Waals surface area (Å²) in [6.07, 6.45) is 0.760. The van der Waals surface area contributed by atoms with E-state index >= 15 is 0 Å². The number of nitrogens with zero attached hydrogens (tertiary/aromatic N) is 2. The predicted octanol–water partition coefficient (Wildman–Crippen LogP) is 6.00. The highest BCUT2D eigenvalue weighted by Gasteiger charge is 2.42. The fourth-order valence-corrected chi connectivity index (χ4v) is 4.78. The summed E-state index contributed by atoms with van der Waals surface area (Å²) >= 11 is 0. The molecule has 2 N–H and O–H groups in total. The standard InChI is InChI=1S/C29H29N3O2/c1-18(2)21-10-12-22(13-11-21)28-25-26(23-14-9-19(3)17-24(23)33)30-31-27(25)29(34)32(28)16-15-20-7-5-4-6-8-20/h4-14,17-18,28,33H,15-16H2,1-3H3,(H,30,31). The lowest BCUT2D eigenvalue weighted by atomic mass is 9.93. The van der Waals surface area contributed by atoms with Gasteiger partial charge in [-0.25, -0.2) is 0 Å². The molecule has 2 heterocycles. The van der Waals surface area contributed by atoms with Crippen LogP contribution in [0.1, 0.15) is 64.1 Å². The Morgan fingerprint density at radius 2 is 1.76 bits per heavy atom. The van der Waals surface area contributed by atoms with E-state index < -0.39 is 0 Å². The van der Waals surface area contributed by atoms with Gasteiger partial charge in [0.15, 0.2) is 0 Å². The molecular formula is C29H29N3O2. The highest BCUT2D eigenvalue weighted by molar-refractivity contribution is 6.00. The average molecular weight is 452 g/mol. The first kappa shape index (κ1) is 22.0. The lowest BCUT2D eigenvalue weighted by Crippen LogP contribution is -2.31. The van der Waals surface area contributed by atoms with Crippen LogP contribution in [-0.2, 0) is 6.42 Å². The monoisotopic (exact) mass is 451 g/mol. The van der Waals surface area contributed by atoms with Crippen LogP contribution in [0.4, 0.5) is 0 Å². The Morgan fingerprint density at radius 3 is 2.44 bits per heavy atom. The molecule has 1 aromatic heterocycles. The largest absolute Gasteiger partial charge is 0.507 e. The van der Waals surface area contributed by atoms with E-state index in [4.69, 9.17) is 0 Å². The molecule has 34 heavy (non-hydrogen) atoms. The normalized spacial score (nSPS) is 15.2. The van der Waals surface area contributed by atoms with Crippen molar-refractivity contribution in [2.24, 2.45) is 0 Å². The van der Waals surface area contributed by atoms with E-state index in [-0.39, 0.29) is 17.7 Å². The fourth-order valence-electron chi connectivity index (χ4n) is 4.78. The minimum atomic E-state index is -0.276. The summed E-state index contributed by atoms with van der Waals surface area (Å²) in [4.78, 5) is 15.5. The van der Waals surface area contributed by atoms with Crippen molar-refractivity contribution in [3.05, 3.63) is 106 Å². The number of aryl methyl sites for hydroxylation is 1. The zero-order valence-corrected chi connectivity index (χ0v) is 19.7. The summed E-state index contributed by atoms with van der Waals surface area (Å²) in [7, 11) is 0. The van der Waals surface area contributed by atoms with Crippen LogP contribution in [-0.4, -0.2) is 32.7 Å². The first-order valence-electron chi connectivity index (χ1n) is 11.8. The van der Waals surface area contributed by atoms with Crippen LogP contribution in [0.15, 0.2) is 72.8 Å². The van der Waals surface area contributed by atoms with E-state index in [0.717, 1.165) is 23.1 Å². The molecule has 5 nitrogen and oxygen atoms in total. The topological polar surface area (TPSA) is 69.2 Å². The highest BCUT2D eigenvalue weighted by atomic mass is 16.3. The summed E-state index contributed by atoms with van der Waals surface area (Å²) in [6, 6.07) is 24.0. The summed E-state index contributed by atoms with van der Waals surface area (Å²) in [5, 5.41) is 18.2. The van der Waals surface area contributed by atoms with Crippen molar-refractivity contribution >= 4 is 5.91 Å². The first-order chi connectivity index (χ1) is 16.4. The van der Waals surface area contributed by atoms with Crippen molar-refractivity contribution in [2.75, 3.05) is 6.54 Å². The van der Waals surface area contributed by atoms with Crippen molar-refractivity contribution in [1.82, 2.24) is 15.1 Å². The second-order valence-electron chi connectivity index (χ2n) is 9.34. The zero-order chi connectivity index (χ0) is 23.8. The van der Waals surface area contributed by atoms with Gasteiger partial charge in [0.25, 0.3) is 5.91 Å². The Kier molecular flexibility index (Phi) is 5.70. The molecule has 0 saturated heterocycles. The first-order valence-corrected chi connectivity index (χ1v) is 11.8. The molecule has 1 aliphatic heterocycles. The van der Waals surface area contributed by atoms with Crippen molar-refractivity contribution < 1.29 is 9.90 Å². The number of amides is 1. The second kappa shape index (κ2) is 8.82. The van der Waals surface area contributed by atoms with Gasteiger partial charge in [0.2, 0.25) is 0 Å². The van der Waals surface area contributed by atoms with Gasteiger partial charge in [-0.05, 0) is 53.6 Å². The molecule has 0 radical (unpaired) electrons. The SMILES string of the molecule is Cc1ccc(-c2n[nH]c3c2C(c2ccc(C(C)C)cc2)N(CCc2ccccc2)C3=O)c(O)c1. The molecule has 1 amide bonds. The van der Waals surface area contributed by atoms with Crippen LogP contribution in [0.2, 0.25) is 0 Å². The highest BCUT2D eigenvalue weighted by Crippen LogP contribution is 2.44. The van der Waals surface area contributed by atoms with Gasteiger partial charge < -0.3 is 10.0 Å². The van der Waals surface area contributed by atoms with Crippen LogP contribution >= 0.6 is 0 Å². The van der Waals surface area contributed by atoms with Crippen molar-refractivity contribution in [3.63, 3.8) is 0 Å². The lowest BCUT2D eigenvalue weighted by Gasteiger charge is -2.27. The number of nitrogens with one attached hydrogen (secondary N) is 1. The molecule has 0 bridgehead atoms. The molecule has 172 valence electrons.